The molecule has 2 aliphatic heterocycles. The number of hydrogen-bond donors (Lipinski definition) is 2. The Hall–Kier alpha value is -3.85. The van der Waals surface area contributed by atoms with Crippen LogP contribution in [-0.2, 0) is 16.1 Å². The van der Waals surface area contributed by atoms with Crippen LogP contribution in [0.25, 0.3) is 11.1 Å². The minimum atomic E-state index is -0.964. The summed E-state index contributed by atoms with van der Waals surface area (Å²) in [7, 11) is 0. The number of benzene rings is 2. The van der Waals surface area contributed by atoms with Gasteiger partial charge in [0, 0.05) is 75.9 Å². The summed E-state index contributed by atoms with van der Waals surface area (Å²) in [5.41, 5.74) is 3.31. The highest BCUT2D eigenvalue weighted by Crippen LogP contribution is 2.30. The molecule has 0 saturated carbocycles. The lowest BCUT2D eigenvalue weighted by molar-refractivity contribution is -0.146. The van der Waals surface area contributed by atoms with Gasteiger partial charge in [0.15, 0.2) is 5.60 Å². The van der Waals surface area contributed by atoms with Gasteiger partial charge in [-0.3, -0.25) is 14.7 Å². The number of hydrogen-bond acceptors (Lipinski definition) is 6. The lowest BCUT2D eigenvalue weighted by Gasteiger charge is -2.37. The third-order valence-electron chi connectivity index (χ3n) is 8.10. The van der Waals surface area contributed by atoms with Crippen LogP contribution in [0.15, 0.2) is 60.9 Å². The number of rotatable bonds is 9. The van der Waals surface area contributed by atoms with Gasteiger partial charge in [0.05, 0.1) is 12.1 Å². The first-order valence-corrected chi connectivity index (χ1v) is 14.7. The van der Waals surface area contributed by atoms with E-state index in [1.165, 1.54) is 0 Å². The highest BCUT2D eigenvalue weighted by Gasteiger charge is 2.35. The third-order valence-corrected chi connectivity index (χ3v) is 8.10. The summed E-state index contributed by atoms with van der Waals surface area (Å²) in [5, 5.41) is 10.2. The van der Waals surface area contributed by atoms with E-state index in [9.17, 15) is 9.59 Å². The van der Waals surface area contributed by atoms with Crippen molar-refractivity contribution in [2.75, 3.05) is 50.7 Å². The molecule has 1 aromatic heterocycles. The van der Waals surface area contributed by atoms with Crippen LogP contribution in [0.4, 0.5) is 5.69 Å². The van der Waals surface area contributed by atoms with Crippen molar-refractivity contribution < 1.29 is 14.3 Å². The van der Waals surface area contributed by atoms with Crippen molar-refractivity contribution in [2.45, 2.75) is 45.8 Å². The minimum Gasteiger partial charge on any atom is -0.478 e. The number of amides is 2. The number of aromatic nitrogens is 2. The van der Waals surface area contributed by atoms with Crippen LogP contribution in [0.1, 0.15) is 39.2 Å². The molecule has 2 fully saturated rings. The topological polar surface area (TPSA) is 93.8 Å². The quantitative estimate of drug-likeness (QED) is 0.414. The maximum absolute atomic E-state index is 13.7. The summed E-state index contributed by atoms with van der Waals surface area (Å²) >= 11 is 0. The Kier molecular flexibility index (Phi) is 8.93. The molecule has 0 spiro atoms. The average molecular weight is 559 g/mol. The molecule has 1 atom stereocenters. The third kappa shape index (κ3) is 6.90. The fourth-order valence-corrected chi connectivity index (χ4v) is 5.78. The summed E-state index contributed by atoms with van der Waals surface area (Å²) in [6.45, 7) is 11.5. The summed E-state index contributed by atoms with van der Waals surface area (Å²) < 4.78 is 6.26. The molecule has 0 unspecified atom stereocenters. The second-order valence-electron chi connectivity index (χ2n) is 11.5. The molecule has 3 heterocycles. The molecule has 0 bridgehead atoms. The van der Waals surface area contributed by atoms with Crippen LogP contribution in [0.5, 0.6) is 5.75 Å². The fraction of sp³-hybridized carbons (Fsp3) is 0.469. The molecule has 41 heavy (non-hydrogen) atoms. The van der Waals surface area contributed by atoms with E-state index < -0.39 is 5.60 Å². The number of ether oxygens (including phenoxy) is 1. The van der Waals surface area contributed by atoms with Gasteiger partial charge in [0.25, 0.3) is 5.91 Å². The molecule has 0 aliphatic carbocycles. The molecule has 0 radical (unpaired) electrons. The molecule has 2 N–H and O–H groups in total. The van der Waals surface area contributed by atoms with Crippen LogP contribution in [0.2, 0.25) is 0 Å². The molecule has 9 nitrogen and oxygen atoms in total. The Morgan fingerprint density at radius 1 is 1.07 bits per heavy atom. The van der Waals surface area contributed by atoms with Gasteiger partial charge in [-0.05, 0) is 56.9 Å². The van der Waals surface area contributed by atoms with E-state index >= 15 is 0 Å². The number of nitrogens with zero attached hydrogens (tertiary/aromatic N) is 4. The minimum absolute atomic E-state index is 0.00353. The standard InChI is InChI=1S/C32H42N6O3/c1-4-36(22-24-10-12-25(13-11-24)27-20-34-35-21-27)30(39)26-7-6-16-38(23-26)28-8-5-9-29(19-28)41-32(2,3)31(40)37-17-14-33-15-18-37/h5,8-13,19-21,26,33H,4,6-7,14-18,22-23H2,1-3H3,(H,34,35)/t26-/m1/s1. The van der Waals surface area contributed by atoms with E-state index in [0.29, 0.717) is 38.5 Å². The van der Waals surface area contributed by atoms with Gasteiger partial charge in [0.1, 0.15) is 5.75 Å². The Balaban J connectivity index is 1.21. The van der Waals surface area contributed by atoms with Gasteiger partial charge >= 0.3 is 0 Å². The van der Waals surface area contributed by atoms with E-state index in [0.717, 1.165) is 54.9 Å². The molecular weight excluding hydrogens is 516 g/mol. The smallest absolute Gasteiger partial charge is 0.266 e. The van der Waals surface area contributed by atoms with Crippen molar-refractivity contribution in [3.8, 4) is 16.9 Å². The lowest BCUT2D eigenvalue weighted by atomic mass is 9.95. The van der Waals surface area contributed by atoms with Crippen LogP contribution >= 0.6 is 0 Å². The zero-order chi connectivity index (χ0) is 28.8. The van der Waals surface area contributed by atoms with Crippen molar-refractivity contribution in [1.29, 1.82) is 0 Å². The maximum Gasteiger partial charge on any atom is 0.266 e. The molecule has 5 rings (SSSR count). The molecule has 3 aromatic rings. The molecule has 2 aromatic carbocycles. The number of aromatic amines is 1. The largest absolute Gasteiger partial charge is 0.478 e. The van der Waals surface area contributed by atoms with Gasteiger partial charge in [-0.2, -0.15) is 5.10 Å². The number of anilines is 1. The molecule has 218 valence electrons. The predicted octanol–water partition coefficient (Wildman–Crippen LogP) is 3.93. The highest BCUT2D eigenvalue weighted by atomic mass is 16.5. The molecule has 2 aliphatic rings. The average Bonchev–Trinajstić information content (AvgIpc) is 3.55. The van der Waals surface area contributed by atoms with Crippen LogP contribution < -0.4 is 15.0 Å². The number of carbonyl (C=O) groups is 2. The maximum atomic E-state index is 13.7. The predicted molar refractivity (Wildman–Crippen MR) is 161 cm³/mol. The normalized spacial score (nSPS) is 17.8. The Labute approximate surface area is 242 Å². The second kappa shape index (κ2) is 12.8. The van der Waals surface area contributed by atoms with E-state index in [2.05, 4.69) is 50.7 Å². The zero-order valence-electron chi connectivity index (χ0n) is 24.4. The van der Waals surface area contributed by atoms with E-state index in [4.69, 9.17) is 4.74 Å². The van der Waals surface area contributed by atoms with Crippen molar-refractivity contribution in [3.63, 3.8) is 0 Å². The number of piperidine rings is 1. The second-order valence-corrected chi connectivity index (χ2v) is 11.5. The summed E-state index contributed by atoms with van der Waals surface area (Å²) in [5.74, 6) is 0.803. The number of piperazine rings is 1. The summed E-state index contributed by atoms with van der Waals surface area (Å²) in [6, 6.07) is 16.3. The first kappa shape index (κ1) is 28.7. The van der Waals surface area contributed by atoms with Gasteiger partial charge < -0.3 is 24.8 Å². The van der Waals surface area contributed by atoms with Crippen LogP contribution in [-0.4, -0.2) is 83.2 Å². The number of nitrogens with one attached hydrogen (secondary N) is 2. The van der Waals surface area contributed by atoms with Crippen molar-refractivity contribution in [2.24, 2.45) is 5.92 Å². The van der Waals surface area contributed by atoms with Crippen molar-refractivity contribution in [1.82, 2.24) is 25.3 Å². The zero-order valence-corrected chi connectivity index (χ0v) is 24.4. The van der Waals surface area contributed by atoms with E-state index in [-0.39, 0.29) is 17.7 Å². The molecule has 9 heteroatoms. The first-order valence-electron chi connectivity index (χ1n) is 14.7. The Morgan fingerprint density at radius 3 is 2.56 bits per heavy atom. The number of carbonyl (C=O) groups excluding carboxylic acids is 2. The summed E-state index contributed by atoms with van der Waals surface area (Å²) in [6.07, 6.45) is 5.52. The lowest BCUT2D eigenvalue weighted by Crippen LogP contribution is -2.54. The Bertz CT molecular complexity index is 1300. The van der Waals surface area contributed by atoms with E-state index in [1.807, 2.05) is 61.2 Å². The molecule has 2 amide bonds. The molecular formula is C32H42N6O3. The van der Waals surface area contributed by atoms with Crippen LogP contribution in [0.3, 0.4) is 0 Å². The Morgan fingerprint density at radius 2 is 1.85 bits per heavy atom. The van der Waals surface area contributed by atoms with E-state index in [1.54, 1.807) is 0 Å². The van der Waals surface area contributed by atoms with Crippen LogP contribution in [0, 0.1) is 5.92 Å². The van der Waals surface area contributed by atoms with Gasteiger partial charge in [0.2, 0.25) is 5.91 Å². The SMILES string of the molecule is CCN(Cc1ccc(-c2cn[nH]c2)cc1)C(=O)[C@@H]1CCCN(c2cccc(OC(C)(C)C(=O)N3CCNCC3)c2)C1. The molecule has 2 saturated heterocycles. The van der Waals surface area contributed by atoms with Gasteiger partial charge in [-0.1, -0.05) is 30.3 Å². The van der Waals surface area contributed by atoms with Gasteiger partial charge in [-0.25, -0.2) is 0 Å². The monoisotopic (exact) mass is 558 g/mol. The van der Waals surface area contributed by atoms with Crippen molar-refractivity contribution in [3.05, 3.63) is 66.5 Å². The van der Waals surface area contributed by atoms with Crippen molar-refractivity contribution >= 4 is 17.5 Å². The summed E-state index contributed by atoms with van der Waals surface area (Å²) in [4.78, 5) is 32.9. The first-order chi connectivity index (χ1) is 19.8. The number of H-pyrrole nitrogens is 1. The fourth-order valence-electron chi connectivity index (χ4n) is 5.78. The van der Waals surface area contributed by atoms with Gasteiger partial charge in [-0.15, -0.1) is 0 Å². The highest BCUT2D eigenvalue weighted by molar-refractivity contribution is 5.85.